The molecule has 26 heavy (non-hydrogen) atoms. The lowest BCUT2D eigenvalue weighted by Crippen LogP contribution is -2.39. The van der Waals surface area contributed by atoms with Gasteiger partial charge in [0.2, 0.25) is 0 Å². The van der Waals surface area contributed by atoms with Gasteiger partial charge in [0.1, 0.15) is 6.10 Å². The molecule has 6 nitrogen and oxygen atoms in total. The van der Waals surface area contributed by atoms with E-state index in [-0.39, 0.29) is 24.5 Å². The van der Waals surface area contributed by atoms with Crippen molar-refractivity contribution in [2.75, 3.05) is 26.3 Å². The second kappa shape index (κ2) is 8.64. The number of carbonyl (C=O) groups excluding carboxylic acids is 1. The minimum Gasteiger partial charge on any atom is -0.481 e. The van der Waals surface area contributed by atoms with E-state index >= 15 is 0 Å². The summed E-state index contributed by atoms with van der Waals surface area (Å²) in [5.74, 6) is -1.79. The molecule has 1 N–H and O–H groups in total. The van der Waals surface area contributed by atoms with Gasteiger partial charge in [-0.1, -0.05) is 30.3 Å². The van der Waals surface area contributed by atoms with Crippen LogP contribution in [0.25, 0.3) is 0 Å². The van der Waals surface area contributed by atoms with E-state index in [0.717, 1.165) is 31.4 Å². The topological polar surface area (TPSA) is 76.1 Å². The maximum Gasteiger partial charge on any atom is 0.308 e. The van der Waals surface area contributed by atoms with Crippen molar-refractivity contribution in [3.05, 3.63) is 35.9 Å². The predicted octanol–water partition coefficient (Wildman–Crippen LogP) is 2.29. The first-order valence-electron chi connectivity index (χ1n) is 9.36. The number of aliphatic carboxylic acids is 1. The highest BCUT2D eigenvalue weighted by Gasteiger charge is 2.41. The molecule has 0 aromatic heterocycles. The Morgan fingerprint density at radius 2 is 2.04 bits per heavy atom. The van der Waals surface area contributed by atoms with E-state index in [1.54, 1.807) is 11.8 Å². The third-order valence-electron chi connectivity index (χ3n) is 5.33. The van der Waals surface area contributed by atoms with Crippen LogP contribution in [0, 0.1) is 5.92 Å². The minimum atomic E-state index is -0.863. The SMILES string of the molecule is CC(OCC1CCCCO1)C(=O)N1CC(C(=O)O)C(c2ccccc2)C1. The summed E-state index contributed by atoms with van der Waals surface area (Å²) in [6.07, 6.45) is 2.63. The molecule has 0 radical (unpaired) electrons. The number of rotatable bonds is 6. The quantitative estimate of drug-likeness (QED) is 0.841. The van der Waals surface area contributed by atoms with Gasteiger partial charge < -0.3 is 19.5 Å². The zero-order valence-corrected chi connectivity index (χ0v) is 15.2. The Kier molecular flexibility index (Phi) is 6.27. The number of ether oxygens (including phenoxy) is 2. The summed E-state index contributed by atoms with van der Waals surface area (Å²) < 4.78 is 11.4. The number of hydrogen-bond donors (Lipinski definition) is 1. The zero-order chi connectivity index (χ0) is 18.5. The van der Waals surface area contributed by atoms with Gasteiger partial charge >= 0.3 is 5.97 Å². The molecule has 0 saturated carbocycles. The lowest BCUT2D eigenvalue weighted by Gasteiger charge is -2.25. The minimum absolute atomic E-state index is 0.0569. The van der Waals surface area contributed by atoms with Crippen molar-refractivity contribution >= 4 is 11.9 Å². The Hall–Kier alpha value is -1.92. The number of carboxylic acids is 1. The Morgan fingerprint density at radius 1 is 1.27 bits per heavy atom. The van der Waals surface area contributed by atoms with E-state index in [0.29, 0.717) is 13.2 Å². The molecule has 4 unspecified atom stereocenters. The molecule has 1 aromatic rings. The van der Waals surface area contributed by atoms with Crippen LogP contribution in [-0.2, 0) is 19.1 Å². The highest BCUT2D eigenvalue weighted by molar-refractivity contribution is 5.82. The van der Waals surface area contributed by atoms with Crippen LogP contribution in [-0.4, -0.2) is 60.4 Å². The maximum absolute atomic E-state index is 12.7. The highest BCUT2D eigenvalue weighted by atomic mass is 16.5. The fraction of sp³-hybridized carbons (Fsp3) is 0.600. The lowest BCUT2D eigenvalue weighted by atomic mass is 9.89. The lowest BCUT2D eigenvalue weighted by molar-refractivity contribution is -0.146. The van der Waals surface area contributed by atoms with Crippen LogP contribution in [0.3, 0.4) is 0 Å². The van der Waals surface area contributed by atoms with Crippen molar-refractivity contribution in [3.63, 3.8) is 0 Å². The number of hydrogen-bond acceptors (Lipinski definition) is 4. The van der Waals surface area contributed by atoms with E-state index in [9.17, 15) is 14.7 Å². The van der Waals surface area contributed by atoms with Crippen LogP contribution in [0.1, 0.15) is 37.7 Å². The van der Waals surface area contributed by atoms with Gasteiger partial charge in [0.05, 0.1) is 18.6 Å². The summed E-state index contributed by atoms with van der Waals surface area (Å²) in [6, 6.07) is 9.55. The summed E-state index contributed by atoms with van der Waals surface area (Å²) in [7, 11) is 0. The molecule has 0 spiro atoms. The van der Waals surface area contributed by atoms with Gasteiger partial charge in [0.25, 0.3) is 5.91 Å². The number of carbonyl (C=O) groups is 2. The van der Waals surface area contributed by atoms with Gasteiger partial charge in [-0.3, -0.25) is 9.59 Å². The summed E-state index contributed by atoms with van der Waals surface area (Å²) in [5.41, 5.74) is 0.958. The molecule has 2 fully saturated rings. The largest absolute Gasteiger partial charge is 0.481 e. The van der Waals surface area contributed by atoms with E-state index < -0.39 is 18.0 Å². The molecule has 142 valence electrons. The van der Waals surface area contributed by atoms with E-state index in [1.165, 1.54) is 0 Å². The first-order valence-corrected chi connectivity index (χ1v) is 9.36. The molecule has 0 bridgehead atoms. The third-order valence-corrected chi connectivity index (χ3v) is 5.33. The smallest absolute Gasteiger partial charge is 0.308 e. The maximum atomic E-state index is 12.7. The third kappa shape index (κ3) is 4.43. The molecule has 1 amide bonds. The monoisotopic (exact) mass is 361 g/mol. The number of carboxylic acid groups (broad SMARTS) is 1. The van der Waals surface area contributed by atoms with Gasteiger partial charge in [-0.15, -0.1) is 0 Å². The number of nitrogens with zero attached hydrogens (tertiary/aromatic N) is 1. The van der Waals surface area contributed by atoms with Crippen molar-refractivity contribution in [2.24, 2.45) is 5.92 Å². The number of amides is 1. The molecule has 4 atom stereocenters. The van der Waals surface area contributed by atoms with Gasteiger partial charge in [0.15, 0.2) is 0 Å². The van der Waals surface area contributed by atoms with Gasteiger partial charge in [-0.2, -0.15) is 0 Å². The number of benzene rings is 1. The Morgan fingerprint density at radius 3 is 2.69 bits per heavy atom. The second-order valence-electron chi connectivity index (χ2n) is 7.17. The van der Waals surface area contributed by atoms with Gasteiger partial charge in [-0.25, -0.2) is 0 Å². The standard InChI is InChI=1S/C20H27NO5/c1-14(26-13-16-9-5-6-10-25-16)19(22)21-11-17(18(12-21)20(23)24)15-7-3-2-4-8-15/h2-4,7-8,14,16-18H,5-6,9-13H2,1H3,(H,23,24). The molecular formula is C20H27NO5. The van der Waals surface area contributed by atoms with Crippen LogP contribution in [0.2, 0.25) is 0 Å². The van der Waals surface area contributed by atoms with Crippen LogP contribution in [0.15, 0.2) is 30.3 Å². The Labute approximate surface area is 154 Å². The highest BCUT2D eigenvalue weighted by Crippen LogP contribution is 2.33. The molecule has 1 aromatic carbocycles. The molecule has 2 heterocycles. The van der Waals surface area contributed by atoms with Crippen molar-refractivity contribution in [1.29, 1.82) is 0 Å². The van der Waals surface area contributed by atoms with Crippen molar-refractivity contribution in [2.45, 2.75) is 44.3 Å². The fourth-order valence-corrected chi connectivity index (χ4v) is 3.79. The molecule has 0 aliphatic carbocycles. The van der Waals surface area contributed by atoms with E-state index in [1.807, 2.05) is 30.3 Å². The Bertz CT molecular complexity index is 614. The molecule has 2 aliphatic rings. The Balaban J connectivity index is 1.59. The van der Waals surface area contributed by atoms with Crippen molar-refractivity contribution < 1.29 is 24.2 Å². The van der Waals surface area contributed by atoms with Crippen LogP contribution in [0.5, 0.6) is 0 Å². The fourth-order valence-electron chi connectivity index (χ4n) is 3.79. The number of likely N-dealkylation sites (tertiary alicyclic amines) is 1. The molecule has 2 aliphatic heterocycles. The van der Waals surface area contributed by atoms with E-state index in [2.05, 4.69) is 0 Å². The predicted molar refractivity (Wildman–Crippen MR) is 95.9 cm³/mol. The van der Waals surface area contributed by atoms with Crippen LogP contribution in [0.4, 0.5) is 0 Å². The summed E-state index contributed by atoms with van der Waals surface area (Å²) in [6.45, 7) is 3.53. The summed E-state index contributed by atoms with van der Waals surface area (Å²) >= 11 is 0. The first kappa shape index (κ1) is 18.9. The summed E-state index contributed by atoms with van der Waals surface area (Å²) in [4.78, 5) is 26.0. The molecule has 2 saturated heterocycles. The molecular weight excluding hydrogens is 334 g/mol. The van der Waals surface area contributed by atoms with Gasteiger partial charge in [0, 0.05) is 25.6 Å². The van der Waals surface area contributed by atoms with Crippen molar-refractivity contribution in [3.8, 4) is 0 Å². The molecule has 3 rings (SSSR count). The second-order valence-corrected chi connectivity index (χ2v) is 7.17. The average molecular weight is 361 g/mol. The zero-order valence-electron chi connectivity index (χ0n) is 15.2. The van der Waals surface area contributed by atoms with Gasteiger partial charge in [-0.05, 0) is 31.7 Å². The van der Waals surface area contributed by atoms with Crippen LogP contribution < -0.4 is 0 Å². The van der Waals surface area contributed by atoms with Crippen molar-refractivity contribution in [1.82, 2.24) is 4.90 Å². The molecule has 6 heteroatoms. The first-order chi connectivity index (χ1) is 12.6. The van der Waals surface area contributed by atoms with E-state index in [4.69, 9.17) is 9.47 Å². The normalized spacial score (nSPS) is 27.3. The van der Waals surface area contributed by atoms with Crippen LogP contribution >= 0.6 is 0 Å². The average Bonchev–Trinajstić information content (AvgIpc) is 3.13. The summed E-state index contributed by atoms with van der Waals surface area (Å²) in [5, 5.41) is 9.57.